The number of methoxy groups -OCH3 is 1. The average molecular weight is 316 g/mol. The summed E-state index contributed by atoms with van der Waals surface area (Å²) in [5, 5.41) is 11.8. The van der Waals surface area contributed by atoms with E-state index in [0.29, 0.717) is 10.7 Å². The van der Waals surface area contributed by atoms with Crippen LogP contribution in [0.15, 0.2) is 29.4 Å². The maximum Gasteiger partial charge on any atom is 0.216 e. The van der Waals surface area contributed by atoms with Crippen molar-refractivity contribution in [2.75, 3.05) is 7.11 Å². The highest BCUT2D eigenvalue weighted by atomic mass is 32.1. The molecule has 1 aromatic heterocycles. The van der Waals surface area contributed by atoms with Crippen molar-refractivity contribution in [3.63, 3.8) is 0 Å². The van der Waals surface area contributed by atoms with E-state index in [1.165, 1.54) is 19.3 Å². The van der Waals surface area contributed by atoms with Gasteiger partial charge < -0.3 is 4.74 Å². The van der Waals surface area contributed by atoms with Crippen LogP contribution in [0.2, 0.25) is 0 Å². The Labute approximate surface area is 135 Å². The van der Waals surface area contributed by atoms with Crippen LogP contribution < -0.4 is 4.74 Å². The van der Waals surface area contributed by atoms with E-state index in [1.54, 1.807) is 18.0 Å². The second-order valence-electron chi connectivity index (χ2n) is 5.55. The summed E-state index contributed by atoms with van der Waals surface area (Å²) in [5.74, 6) is 2.21. The summed E-state index contributed by atoms with van der Waals surface area (Å²) < 4.78 is 7.52. The quantitative estimate of drug-likeness (QED) is 0.688. The van der Waals surface area contributed by atoms with Crippen LogP contribution in [0.1, 0.15) is 49.4 Å². The Kier molecular flexibility index (Phi) is 4.68. The van der Waals surface area contributed by atoms with E-state index in [1.807, 2.05) is 24.3 Å². The van der Waals surface area contributed by atoms with Gasteiger partial charge in [0.25, 0.3) is 0 Å². The van der Waals surface area contributed by atoms with E-state index in [0.717, 1.165) is 30.0 Å². The third kappa shape index (κ3) is 3.27. The van der Waals surface area contributed by atoms with Crippen molar-refractivity contribution in [1.82, 2.24) is 14.9 Å². The maximum atomic E-state index is 5.31. The molecule has 22 heavy (non-hydrogen) atoms. The van der Waals surface area contributed by atoms with E-state index in [9.17, 15) is 0 Å². The van der Waals surface area contributed by atoms with Crippen LogP contribution >= 0.6 is 12.2 Å². The molecule has 1 aromatic carbocycles. The first-order valence-corrected chi connectivity index (χ1v) is 8.04. The number of nitrogens with zero attached hydrogens (tertiary/aromatic N) is 3. The highest BCUT2D eigenvalue weighted by molar-refractivity contribution is 7.71. The molecular weight excluding hydrogens is 296 g/mol. The summed E-state index contributed by atoms with van der Waals surface area (Å²) >= 11 is 5.31. The van der Waals surface area contributed by atoms with Gasteiger partial charge in [0.2, 0.25) is 4.77 Å². The Morgan fingerprint density at radius 3 is 2.95 bits per heavy atom. The van der Waals surface area contributed by atoms with Gasteiger partial charge in [0, 0.05) is 5.92 Å². The molecule has 0 radical (unpaired) electrons. The van der Waals surface area contributed by atoms with Crippen LogP contribution in [-0.2, 0) is 0 Å². The van der Waals surface area contributed by atoms with Gasteiger partial charge in [-0.2, -0.15) is 14.9 Å². The van der Waals surface area contributed by atoms with Gasteiger partial charge >= 0.3 is 0 Å². The lowest BCUT2D eigenvalue weighted by Gasteiger charge is -2.19. The van der Waals surface area contributed by atoms with Crippen LogP contribution in [0.3, 0.4) is 0 Å². The van der Waals surface area contributed by atoms with Crippen molar-refractivity contribution in [2.24, 2.45) is 5.10 Å². The molecule has 0 spiro atoms. The molecule has 0 bridgehead atoms. The second-order valence-corrected chi connectivity index (χ2v) is 5.94. The van der Waals surface area contributed by atoms with Gasteiger partial charge in [0.1, 0.15) is 5.75 Å². The highest BCUT2D eigenvalue weighted by Gasteiger charge is 2.21. The minimum Gasteiger partial charge on any atom is -0.497 e. The van der Waals surface area contributed by atoms with Crippen molar-refractivity contribution in [1.29, 1.82) is 0 Å². The standard InChI is InChI=1S/C16H20N4OS/c1-21-14-9-5-6-12(10-14)11-17-20-15(18-19-16(20)22)13-7-3-2-4-8-13/h5-6,9-11,13H,2-4,7-8H2,1H3,(H,19,22)/b17-11-. The monoisotopic (exact) mass is 316 g/mol. The predicted molar refractivity (Wildman–Crippen MR) is 89.2 cm³/mol. The molecule has 5 nitrogen and oxygen atoms in total. The molecule has 0 unspecified atom stereocenters. The Balaban J connectivity index is 1.86. The second kappa shape index (κ2) is 6.87. The molecule has 0 saturated heterocycles. The van der Waals surface area contributed by atoms with Gasteiger partial charge in [0.05, 0.1) is 13.3 Å². The predicted octanol–water partition coefficient (Wildman–Crippen LogP) is 3.88. The molecule has 1 aliphatic rings. The number of benzene rings is 1. The molecule has 1 heterocycles. The van der Waals surface area contributed by atoms with Crippen molar-refractivity contribution >= 4 is 18.4 Å². The number of H-pyrrole nitrogens is 1. The lowest BCUT2D eigenvalue weighted by molar-refractivity contribution is 0.414. The zero-order valence-electron chi connectivity index (χ0n) is 12.7. The lowest BCUT2D eigenvalue weighted by atomic mass is 9.89. The molecule has 2 aromatic rings. The summed E-state index contributed by atoms with van der Waals surface area (Å²) in [4.78, 5) is 0. The van der Waals surface area contributed by atoms with Gasteiger partial charge in [-0.3, -0.25) is 5.10 Å². The zero-order chi connectivity index (χ0) is 15.4. The highest BCUT2D eigenvalue weighted by Crippen LogP contribution is 2.31. The fourth-order valence-corrected chi connectivity index (χ4v) is 3.07. The van der Waals surface area contributed by atoms with Crippen molar-refractivity contribution in [3.8, 4) is 5.75 Å². The first-order chi connectivity index (χ1) is 10.8. The number of ether oxygens (including phenoxy) is 1. The molecule has 116 valence electrons. The SMILES string of the molecule is COc1cccc(/C=N\n2c(C3CCCCC3)n[nH]c2=S)c1. The molecule has 1 fully saturated rings. The molecule has 1 aliphatic carbocycles. The maximum absolute atomic E-state index is 5.31. The van der Waals surface area contributed by atoms with E-state index in [4.69, 9.17) is 17.0 Å². The number of aromatic nitrogens is 3. The molecule has 0 atom stereocenters. The third-order valence-electron chi connectivity index (χ3n) is 4.06. The lowest BCUT2D eigenvalue weighted by Crippen LogP contribution is -2.10. The molecule has 6 heteroatoms. The minimum absolute atomic E-state index is 0.448. The summed E-state index contributed by atoms with van der Waals surface area (Å²) in [7, 11) is 1.66. The first kappa shape index (κ1) is 15.0. The van der Waals surface area contributed by atoms with Crippen LogP contribution in [0.25, 0.3) is 0 Å². The average Bonchev–Trinajstić information content (AvgIpc) is 2.95. The smallest absolute Gasteiger partial charge is 0.216 e. The molecule has 1 N–H and O–H groups in total. The van der Waals surface area contributed by atoms with Gasteiger partial charge in [0.15, 0.2) is 5.82 Å². The summed E-state index contributed by atoms with van der Waals surface area (Å²) in [6.45, 7) is 0. The number of hydrogen-bond acceptors (Lipinski definition) is 4. The molecule has 0 aliphatic heterocycles. The fourth-order valence-electron chi connectivity index (χ4n) is 2.89. The Hall–Kier alpha value is -1.95. The van der Waals surface area contributed by atoms with E-state index < -0.39 is 0 Å². The Morgan fingerprint density at radius 2 is 2.18 bits per heavy atom. The van der Waals surface area contributed by atoms with E-state index in [2.05, 4.69) is 15.3 Å². The van der Waals surface area contributed by atoms with Gasteiger partial charge in [-0.1, -0.05) is 31.4 Å². The number of rotatable bonds is 4. The summed E-state index contributed by atoms with van der Waals surface area (Å²) in [5.41, 5.74) is 0.969. The normalized spacial score (nSPS) is 16.2. The molecule has 0 amide bonds. The van der Waals surface area contributed by atoms with Crippen molar-refractivity contribution < 1.29 is 4.74 Å². The van der Waals surface area contributed by atoms with Crippen LogP contribution in [-0.4, -0.2) is 28.2 Å². The van der Waals surface area contributed by atoms with Crippen LogP contribution in [0.4, 0.5) is 0 Å². The molecule has 1 saturated carbocycles. The van der Waals surface area contributed by atoms with Crippen LogP contribution in [0, 0.1) is 4.77 Å². The molecule has 3 rings (SSSR count). The minimum atomic E-state index is 0.448. The first-order valence-electron chi connectivity index (χ1n) is 7.63. The largest absolute Gasteiger partial charge is 0.497 e. The molecular formula is C16H20N4OS. The van der Waals surface area contributed by atoms with Gasteiger partial charge in [-0.25, -0.2) is 0 Å². The van der Waals surface area contributed by atoms with Crippen molar-refractivity contribution in [2.45, 2.75) is 38.0 Å². The Bertz CT molecular complexity index is 713. The number of nitrogens with one attached hydrogen (secondary N) is 1. The van der Waals surface area contributed by atoms with Gasteiger partial charge in [-0.05, 0) is 42.8 Å². The topological polar surface area (TPSA) is 55.2 Å². The van der Waals surface area contributed by atoms with E-state index in [-0.39, 0.29) is 0 Å². The summed E-state index contributed by atoms with van der Waals surface area (Å²) in [6.07, 6.45) is 7.94. The number of hydrogen-bond donors (Lipinski definition) is 1. The van der Waals surface area contributed by atoms with Gasteiger partial charge in [-0.15, -0.1) is 0 Å². The van der Waals surface area contributed by atoms with Crippen molar-refractivity contribution in [3.05, 3.63) is 40.4 Å². The van der Waals surface area contributed by atoms with E-state index >= 15 is 0 Å². The summed E-state index contributed by atoms with van der Waals surface area (Å²) in [6, 6.07) is 7.77. The number of aromatic amines is 1. The fraction of sp³-hybridized carbons (Fsp3) is 0.438. The van der Waals surface area contributed by atoms with Crippen LogP contribution in [0.5, 0.6) is 5.75 Å². The third-order valence-corrected chi connectivity index (χ3v) is 4.33. The zero-order valence-corrected chi connectivity index (χ0v) is 13.5. The Morgan fingerprint density at radius 1 is 1.36 bits per heavy atom.